The fraction of sp³-hybridized carbons (Fsp3) is 0.500. The highest BCUT2D eigenvalue weighted by molar-refractivity contribution is 5.71. The lowest BCUT2D eigenvalue weighted by molar-refractivity contribution is 0.221. The third kappa shape index (κ3) is 4.28. The normalized spacial score (nSPS) is 14.4. The van der Waals surface area contributed by atoms with Crippen molar-refractivity contribution in [3.05, 3.63) is 56.5 Å². The van der Waals surface area contributed by atoms with Gasteiger partial charge in [0, 0.05) is 40.3 Å². The maximum Gasteiger partial charge on any atom is 0.332 e. The number of aromatic nitrogens is 4. The molecule has 9 nitrogen and oxygen atoms in total. The lowest BCUT2D eigenvalue weighted by atomic mass is 10.1. The number of fused-ring (bicyclic) bond motifs is 3. The van der Waals surface area contributed by atoms with Gasteiger partial charge in [-0.3, -0.25) is 18.8 Å². The Kier molecular flexibility index (Phi) is 5.97. The molecule has 0 unspecified atom stereocenters. The molecule has 1 aliphatic heterocycles. The molecule has 9 heteroatoms. The standard InChI is InChI=1S/C22H30N6O3/c1-24(2)13-14-31-17-7-5-16(6-8-17)9-10-27-11-12-28-18(15-27)23-20-19(28)21(29)26(4)22(30)25(20)3/h5-8H,9-15H2,1-4H3. The molecule has 0 radical (unpaired) electrons. The van der Waals surface area contributed by atoms with Crippen LogP contribution in [0.15, 0.2) is 33.9 Å². The summed E-state index contributed by atoms with van der Waals surface area (Å²) in [4.78, 5) is 33.9. The van der Waals surface area contributed by atoms with Crippen LogP contribution in [-0.4, -0.2) is 68.8 Å². The molecular weight excluding hydrogens is 396 g/mol. The molecule has 3 aromatic rings. The lowest BCUT2D eigenvalue weighted by Gasteiger charge is -2.27. The van der Waals surface area contributed by atoms with Crippen LogP contribution in [0.1, 0.15) is 11.4 Å². The van der Waals surface area contributed by atoms with Crippen LogP contribution in [0.3, 0.4) is 0 Å². The van der Waals surface area contributed by atoms with Crippen LogP contribution in [0.25, 0.3) is 11.2 Å². The Morgan fingerprint density at radius 2 is 1.81 bits per heavy atom. The second kappa shape index (κ2) is 8.68. The SMILES string of the molecule is CN(C)CCOc1ccc(CCN2CCn3c(nc4c3c(=O)n(C)c(=O)n4C)C2)cc1. The highest BCUT2D eigenvalue weighted by atomic mass is 16.5. The smallest absolute Gasteiger partial charge is 0.332 e. The molecule has 166 valence electrons. The molecule has 1 aliphatic rings. The van der Waals surface area contributed by atoms with Gasteiger partial charge >= 0.3 is 5.69 Å². The number of hydrogen-bond donors (Lipinski definition) is 0. The molecule has 0 amide bonds. The van der Waals surface area contributed by atoms with Crippen LogP contribution in [-0.2, 0) is 33.6 Å². The first-order chi connectivity index (χ1) is 14.8. The van der Waals surface area contributed by atoms with Gasteiger partial charge in [-0.05, 0) is 38.2 Å². The highest BCUT2D eigenvalue weighted by Crippen LogP contribution is 2.18. The number of hydrogen-bond acceptors (Lipinski definition) is 6. The fourth-order valence-electron chi connectivity index (χ4n) is 3.95. The molecule has 0 atom stereocenters. The third-order valence-corrected chi connectivity index (χ3v) is 5.88. The number of benzene rings is 1. The first-order valence-corrected chi connectivity index (χ1v) is 10.6. The zero-order chi connectivity index (χ0) is 22.1. The topological polar surface area (TPSA) is 77.5 Å². The number of ether oxygens (including phenoxy) is 1. The Morgan fingerprint density at radius 1 is 1.06 bits per heavy atom. The van der Waals surface area contributed by atoms with Gasteiger partial charge in [0.15, 0.2) is 11.2 Å². The summed E-state index contributed by atoms with van der Waals surface area (Å²) < 4.78 is 10.3. The van der Waals surface area contributed by atoms with E-state index in [-0.39, 0.29) is 11.2 Å². The Hall–Kier alpha value is -2.91. The van der Waals surface area contributed by atoms with Crippen molar-refractivity contribution in [1.29, 1.82) is 0 Å². The second-order valence-electron chi connectivity index (χ2n) is 8.38. The quantitative estimate of drug-likeness (QED) is 0.545. The van der Waals surface area contributed by atoms with E-state index < -0.39 is 0 Å². The molecule has 31 heavy (non-hydrogen) atoms. The molecular formula is C22H30N6O3. The number of nitrogens with zero attached hydrogens (tertiary/aromatic N) is 6. The van der Waals surface area contributed by atoms with E-state index in [0.29, 0.717) is 30.9 Å². The number of imidazole rings is 1. The van der Waals surface area contributed by atoms with Gasteiger partial charge in [0.05, 0.1) is 6.54 Å². The van der Waals surface area contributed by atoms with Crippen molar-refractivity contribution in [1.82, 2.24) is 28.5 Å². The van der Waals surface area contributed by atoms with Crippen molar-refractivity contribution in [2.45, 2.75) is 19.5 Å². The van der Waals surface area contributed by atoms with E-state index in [2.05, 4.69) is 26.9 Å². The first kappa shape index (κ1) is 21.3. The van der Waals surface area contributed by atoms with Crippen molar-refractivity contribution in [3.63, 3.8) is 0 Å². The van der Waals surface area contributed by atoms with Gasteiger partial charge < -0.3 is 14.2 Å². The molecule has 0 N–H and O–H groups in total. The molecule has 0 aliphatic carbocycles. The van der Waals surface area contributed by atoms with Crippen molar-refractivity contribution in [2.75, 3.05) is 40.3 Å². The minimum absolute atomic E-state index is 0.279. The Morgan fingerprint density at radius 3 is 2.52 bits per heavy atom. The molecule has 2 aromatic heterocycles. The first-order valence-electron chi connectivity index (χ1n) is 10.6. The molecule has 0 spiro atoms. The van der Waals surface area contributed by atoms with E-state index in [9.17, 15) is 9.59 Å². The summed E-state index contributed by atoms with van der Waals surface area (Å²) in [6.45, 7) is 4.67. The number of rotatable bonds is 7. The molecule has 0 bridgehead atoms. The zero-order valence-corrected chi connectivity index (χ0v) is 18.7. The average Bonchev–Trinajstić information content (AvgIpc) is 3.14. The van der Waals surface area contributed by atoms with Gasteiger partial charge in [0.1, 0.15) is 18.2 Å². The van der Waals surface area contributed by atoms with Gasteiger partial charge in [-0.1, -0.05) is 12.1 Å². The summed E-state index contributed by atoms with van der Waals surface area (Å²) in [5.74, 6) is 1.73. The van der Waals surface area contributed by atoms with E-state index in [1.165, 1.54) is 17.2 Å². The van der Waals surface area contributed by atoms with Gasteiger partial charge in [-0.15, -0.1) is 0 Å². The lowest BCUT2D eigenvalue weighted by Crippen LogP contribution is -2.39. The Labute approximate surface area is 181 Å². The average molecular weight is 427 g/mol. The van der Waals surface area contributed by atoms with Crippen molar-refractivity contribution < 1.29 is 4.74 Å². The van der Waals surface area contributed by atoms with Crippen molar-refractivity contribution in [2.24, 2.45) is 14.1 Å². The summed E-state index contributed by atoms with van der Waals surface area (Å²) in [5, 5.41) is 0. The monoisotopic (exact) mass is 426 g/mol. The summed E-state index contributed by atoms with van der Waals surface area (Å²) in [6.07, 6.45) is 0.929. The molecule has 4 rings (SSSR count). The summed E-state index contributed by atoms with van der Waals surface area (Å²) in [6, 6.07) is 8.28. The minimum Gasteiger partial charge on any atom is -0.492 e. The van der Waals surface area contributed by atoms with E-state index in [4.69, 9.17) is 4.74 Å². The largest absolute Gasteiger partial charge is 0.492 e. The maximum absolute atomic E-state index is 12.6. The van der Waals surface area contributed by atoms with Gasteiger partial charge in [0.25, 0.3) is 5.56 Å². The van der Waals surface area contributed by atoms with Crippen LogP contribution in [0.4, 0.5) is 0 Å². The molecule has 3 heterocycles. The van der Waals surface area contributed by atoms with Crippen molar-refractivity contribution >= 4 is 11.2 Å². The van der Waals surface area contributed by atoms with Crippen LogP contribution < -0.4 is 16.0 Å². The van der Waals surface area contributed by atoms with Gasteiger partial charge in [0.2, 0.25) is 0 Å². The third-order valence-electron chi connectivity index (χ3n) is 5.88. The van der Waals surface area contributed by atoms with Crippen LogP contribution in [0, 0.1) is 0 Å². The zero-order valence-electron chi connectivity index (χ0n) is 18.7. The molecule has 0 saturated carbocycles. The van der Waals surface area contributed by atoms with E-state index in [1.807, 2.05) is 30.8 Å². The molecule has 0 fully saturated rings. The Bertz CT molecular complexity index is 1190. The summed E-state index contributed by atoms with van der Waals surface area (Å²) in [5.41, 5.74) is 1.62. The predicted molar refractivity (Wildman–Crippen MR) is 120 cm³/mol. The van der Waals surface area contributed by atoms with E-state index in [0.717, 1.165) is 42.2 Å². The maximum atomic E-state index is 12.6. The van der Waals surface area contributed by atoms with E-state index >= 15 is 0 Å². The fourth-order valence-corrected chi connectivity index (χ4v) is 3.95. The van der Waals surface area contributed by atoms with Crippen LogP contribution >= 0.6 is 0 Å². The molecule has 0 saturated heterocycles. The van der Waals surface area contributed by atoms with Crippen molar-refractivity contribution in [3.8, 4) is 5.75 Å². The summed E-state index contributed by atoms with van der Waals surface area (Å²) >= 11 is 0. The van der Waals surface area contributed by atoms with Gasteiger partial charge in [-0.2, -0.15) is 0 Å². The number of aryl methyl sites for hydroxylation is 1. The van der Waals surface area contributed by atoms with E-state index in [1.54, 1.807) is 7.05 Å². The predicted octanol–water partition coefficient (Wildman–Crippen LogP) is 0.432. The van der Waals surface area contributed by atoms with Crippen LogP contribution in [0.5, 0.6) is 5.75 Å². The summed E-state index contributed by atoms with van der Waals surface area (Å²) in [7, 11) is 7.23. The van der Waals surface area contributed by atoms with Crippen LogP contribution in [0.2, 0.25) is 0 Å². The Balaban J connectivity index is 1.41. The van der Waals surface area contributed by atoms with Gasteiger partial charge in [-0.25, -0.2) is 9.78 Å². The molecule has 1 aromatic carbocycles. The minimum atomic E-state index is -0.348. The second-order valence-corrected chi connectivity index (χ2v) is 8.38. The highest BCUT2D eigenvalue weighted by Gasteiger charge is 2.24. The number of likely N-dealkylation sites (N-methyl/N-ethyl adjacent to an activating group) is 1.